The van der Waals surface area contributed by atoms with E-state index in [1.54, 1.807) is 16.7 Å². The minimum Gasteiger partial charge on any atom is -0.305 e. The molecule has 0 N–H and O–H groups in total. The predicted octanol–water partition coefficient (Wildman–Crippen LogP) is 3.38. The van der Waals surface area contributed by atoms with Crippen molar-refractivity contribution in [2.24, 2.45) is 4.99 Å². The van der Waals surface area contributed by atoms with Gasteiger partial charge in [0.25, 0.3) is 11.6 Å². The van der Waals surface area contributed by atoms with Gasteiger partial charge in [-0.3, -0.25) is 14.9 Å². The molecule has 3 aromatic rings. The number of carbonyl (C=O) groups is 1. The van der Waals surface area contributed by atoms with E-state index in [1.807, 2.05) is 24.3 Å². The second-order valence-corrected chi connectivity index (χ2v) is 6.29. The summed E-state index contributed by atoms with van der Waals surface area (Å²) in [5.74, 6) is 2.10. The van der Waals surface area contributed by atoms with Gasteiger partial charge >= 0.3 is 0 Å². The largest absolute Gasteiger partial charge is 0.305 e. The lowest BCUT2D eigenvalue weighted by atomic mass is 10.2. The molecule has 0 atom stereocenters. The van der Waals surface area contributed by atoms with Gasteiger partial charge in [0.2, 0.25) is 0 Å². The maximum atomic E-state index is 12.2. The topological polar surface area (TPSA) is 77.5 Å². The number of terminal acetylenes is 1. The van der Waals surface area contributed by atoms with E-state index in [1.165, 1.54) is 35.6 Å². The quantitative estimate of drug-likeness (QED) is 0.308. The highest BCUT2D eigenvalue weighted by Gasteiger charge is 2.06. The Labute approximate surface area is 152 Å². The fourth-order valence-electron chi connectivity index (χ4n) is 2.39. The summed E-state index contributed by atoms with van der Waals surface area (Å²) in [6, 6.07) is 13.7. The molecule has 26 heavy (non-hydrogen) atoms. The summed E-state index contributed by atoms with van der Waals surface area (Å²) in [4.78, 5) is 27.1. The van der Waals surface area contributed by atoms with Crippen LogP contribution in [0.15, 0.2) is 59.6 Å². The van der Waals surface area contributed by atoms with Gasteiger partial charge in [0.15, 0.2) is 4.80 Å². The molecule has 128 valence electrons. The molecule has 1 amide bonds. The summed E-state index contributed by atoms with van der Waals surface area (Å²) >= 11 is 1.38. The van der Waals surface area contributed by atoms with Gasteiger partial charge in [-0.25, -0.2) is 0 Å². The van der Waals surface area contributed by atoms with Crippen LogP contribution >= 0.6 is 11.3 Å². The summed E-state index contributed by atoms with van der Waals surface area (Å²) in [5.41, 5.74) is 1.44. The van der Waals surface area contributed by atoms with Gasteiger partial charge in [-0.2, -0.15) is 4.99 Å². The van der Waals surface area contributed by atoms with Crippen LogP contribution in [0.5, 0.6) is 0 Å². The molecular weight excluding hydrogens is 350 g/mol. The molecule has 3 rings (SSSR count). The number of benzene rings is 2. The number of nitrogens with zero attached hydrogens (tertiary/aromatic N) is 3. The molecule has 6 nitrogen and oxygen atoms in total. The minimum absolute atomic E-state index is 0.0343. The maximum Gasteiger partial charge on any atom is 0.272 e. The van der Waals surface area contributed by atoms with Gasteiger partial charge in [-0.05, 0) is 23.8 Å². The summed E-state index contributed by atoms with van der Waals surface area (Å²) in [7, 11) is 0. The van der Waals surface area contributed by atoms with Crippen LogP contribution < -0.4 is 4.80 Å². The Morgan fingerprint density at radius 2 is 2.12 bits per heavy atom. The second-order valence-electron chi connectivity index (χ2n) is 5.28. The number of aromatic nitrogens is 1. The van der Waals surface area contributed by atoms with E-state index in [-0.39, 0.29) is 5.69 Å². The van der Waals surface area contributed by atoms with Crippen LogP contribution in [0.2, 0.25) is 0 Å². The number of amides is 1. The Morgan fingerprint density at radius 1 is 1.31 bits per heavy atom. The highest BCUT2D eigenvalue weighted by Crippen LogP contribution is 2.17. The molecule has 0 radical (unpaired) electrons. The van der Waals surface area contributed by atoms with Crippen molar-refractivity contribution in [1.29, 1.82) is 0 Å². The Kier molecular flexibility index (Phi) is 5.06. The van der Waals surface area contributed by atoms with E-state index in [0.717, 1.165) is 10.2 Å². The molecule has 7 heteroatoms. The lowest BCUT2D eigenvalue weighted by molar-refractivity contribution is -0.384. The average molecular weight is 363 g/mol. The molecule has 0 fully saturated rings. The lowest BCUT2D eigenvalue weighted by Crippen LogP contribution is -2.15. The van der Waals surface area contributed by atoms with Crippen LogP contribution in [-0.2, 0) is 11.3 Å². The zero-order valence-electron chi connectivity index (χ0n) is 13.5. The van der Waals surface area contributed by atoms with Gasteiger partial charge in [0, 0.05) is 18.2 Å². The number of thiazole rings is 1. The monoisotopic (exact) mass is 363 g/mol. The van der Waals surface area contributed by atoms with Crippen LogP contribution in [0.3, 0.4) is 0 Å². The van der Waals surface area contributed by atoms with Crippen molar-refractivity contribution in [2.75, 3.05) is 0 Å². The van der Waals surface area contributed by atoms with Gasteiger partial charge in [0.05, 0.1) is 21.7 Å². The van der Waals surface area contributed by atoms with Crippen LogP contribution in [0, 0.1) is 22.5 Å². The third-order valence-electron chi connectivity index (χ3n) is 3.54. The Balaban J connectivity index is 1.93. The van der Waals surface area contributed by atoms with E-state index in [0.29, 0.717) is 16.9 Å². The highest BCUT2D eigenvalue weighted by molar-refractivity contribution is 7.16. The fraction of sp³-hybridized carbons (Fsp3) is 0.0526. The molecule has 1 aromatic heterocycles. The van der Waals surface area contributed by atoms with E-state index >= 15 is 0 Å². The number of nitro benzene ring substituents is 1. The number of nitro groups is 1. The first-order valence-corrected chi connectivity index (χ1v) is 8.43. The van der Waals surface area contributed by atoms with Crippen molar-refractivity contribution in [3.8, 4) is 12.3 Å². The fourth-order valence-corrected chi connectivity index (χ4v) is 3.43. The van der Waals surface area contributed by atoms with Crippen LogP contribution in [0.25, 0.3) is 16.3 Å². The molecule has 0 spiro atoms. The standard InChI is InChI=1S/C19H13N3O3S/c1-2-12-21-16-8-3-4-9-17(16)26-19(21)20-18(23)11-10-14-6-5-7-15(13-14)22(24)25/h1,3-11,13H,12H2. The maximum absolute atomic E-state index is 12.2. The molecule has 0 aliphatic heterocycles. The van der Waals surface area contributed by atoms with Crippen molar-refractivity contribution in [2.45, 2.75) is 6.54 Å². The zero-order valence-corrected chi connectivity index (χ0v) is 14.3. The van der Waals surface area contributed by atoms with E-state index in [2.05, 4.69) is 10.9 Å². The molecule has 0 saturated carbocycles. The SMILES string of the molecule is C#CCn1c(=NC(=O)C=Cc2cccc([N+](=O)[O-])c2)sc2ccccc21. The highest BCUT2D eigenvalue weighted by atomic mass is 32.1. The van der Waals surface area contributed by atoms with Crippen molar-refractivity contribution in [3.05, 3.63) is 75.1 Å². The van der Waals surface area contributed by atoms with Gasteiger partial charge in [-0.15, -0.1) is 6.42 Å². The lowest BCUT2D eigenvalue weighted by Gasteiger charge is -1.98. The second kappa shape index (κ2) is 7.59. The summed E-state index contributed by atoms with van der Waals surface area (Å²) in [6.07, 6.45) is 8.20. The van der Waals surface area contributed by atoms with Crippen molar-refractivity contribution in [3.63, 3.8) is 0 Å². The van der Waals surface area contributed by atoms with E-state index < -0.39 is 10.8 Å². The van der Waals surface area contributed by atoms with Gasteiger partial charge in [-0.1, -0.05) is 41.5 Å². The number of hydrogen-bond donors (Lipinski definition) is 0. The number of rotatable bonds is 4. The number of para-hydroxylation sites is 1. The first-order valence-electron chi connectivity index (χ1n) is 7.61. The molecule has 0 bridgehead atoms. The molecule has 0 aliphatic carbocycles. The van der Waals surface area contributed by atoms with E-state index in [4.69, 9.17) is 6.42 Å². The third kappa shape index (κ3) is 3.77. The first kappa shape index (κ1) is 17.3. The zero-order chi connectivity index (χ0) is 18.5. The molecule has 1 heterocycles. The average Bonchev–Trinajstić information content (AvgIpc) is 2.98. The van der Waals surface area contributed by atoms with Crippen LogP contribution in [0.1, 0.15) is 5.56 Å². The Morgan fingerprint density at radius 3 is 2.88 bits per heavy atom. The van der Waals surface area contributed by atoms with Crippen LogP contribution in [0.4, 0.5) is 5.69 Å². The number of hydrogen-bond acceptors (Lipinski definition) is 4. The Bertz CT molecular complexity index is 1130. The predicted molar refractivity (Wildman–Crippen MR) is 101 cm³/mol. The van der Waals surface area contributed by atoms with E-state index in [9.17, 15) is 14.9 Å². The summed E-state index contributed by atoms with van der Waals surface area (Å²) < 4.78 is 2.79. The normalized spacial score (nSPS) is 11.7. The van der Waals surface area contributed by atoms with Crippen molar-refractivity contribution < 1.29 is 9.72 Å². The third-order valence-corrected chi connectivity index (χ3v) is 4.60. The molecule has 2 aromatic carbocycles. The van der Waals surface area contributed by atoms with Crippen LogP contribution in [-0.4, -0.2) is 15.4 Å². The first-order chi connectivity index (χ1) is 12.6. The number of fused-ring (bicyclic) bond motifs is 1. The number of non-ortho nitro benzene ring substituents is 1. The number of carbonyl (C=O) groups excluding carboxylic acids is 1. The minimum atomic E-state index is -0.483. The van der Waals surface area contributed by atoms with Gasteiger partial charge in [0.1, 0.15) is 0 Å². The molecule has 0 unspecified atom stereocenters. The molecule has 0 saturated heterocycles. The van der Waals surface area contributed by atoms with Crippen molar-refractivity contribution >= 4 is 39.2 Å². The molecule has 0 aliphatic rings. The summed E-state index contributed by atoms with van der Waals surface area (Å²) in [5, 5.41) is 10.8. The Hall–Kier alpha value is -3.50. The summed E-state index contributed by atoms with van der Waals surface area (Å²) in [6.45, 7) is 0.310. The smallest absolute Gasteiger partial charge is 0.272 e. The molecular formula is C19H13N3O3S. The van der Waals surface area contributed by atoms with Gasteiger partial charge < -0.3 is 4.57 Å². The van der Waals surface area contributed by atoms with Crippen molar-refractivity contribution in [1.82, 2.24) is 4.57 Å².